The average molecular weight is 353 g/mol. The van der Waals surface area contributed by atoms with Crippen LogP contribution in [0, 0.1) is 12.8 Å². The van der Waals surface area contributed by atoms with Gasteiger partial charge in [0, 0.05) is 18.1 Å². The van der Waals surface area contributed by atoms with Gasteiger partial charge >= 0.3 is 0 Å². The van der Waals surface area contributed by atoms with Crippen LogP contribution in [0.1, 0.15) is 18.4 Å². The zero-order valence-electron chi connectivity index (χ0n) is 12.3. The van der Waals surface area contributed by atoms with Gasteiger partial charge in [0.25, 0.3) is 0 Å². The lowest BCUT2D eigenvalue weighted by Crippen LogP contribution is -2.42. The number of nitrogens with one attached hydrogen (secondary N) is 1. The summed E-state index contributed by atoms with van der Waals surface area (Å²) in [6.45, 7) is 3.77. The van der Waals surface area contributed by atoms with Crippen LogP contribution in [0.15, 0.2) is 23.1 Å². The molecule has 1 heterocycles. The third-order valence-corrected chi connectivity index (χ3v) is 6.23. The van der Waals surface area contributed by atoms with Crippen molar-refractivity contribution in [2.45, 2.75) is 24.7 Å². The van der Waals surface area contributed by atoms with Crippen molar-refractivity contribution in [3.05, 3.63) is 28.8 Å². The molecule has 0 spiro atoms. The van der Waals surface area contributed by atoms with Crippen LogP contribution in [0.2, 0.25) is 5.02 Å². The standard InChI is InChI=1S/C14H21ClN2O2S.ClH/c1-11-13(15)6-3-7-14(11)20(18,19)17-8-4-5-12(10-17)9-16-2;/h3,6-7,12,16H,4-5,8-10H2,1-2H3;1H. The maximum absolute atomic E-state index is 12.8. The lowest BCUT2D eigenvalue weighted by Gasteiger charge is -2.32. The van der Waals surface area contributed by atoms with Crippen molar-refractivity contribution >= 4 is 34.0 Å². The SMILES string of the molecule is CNCC1CCCN(S(=O)(=O)c2cccc(Cl)c2C)C1.Cl. The number of piperidine rings is 1. The molecule has 0 saturated carbocycles. The molecule has 4 nitrogen and oxygen atoms in total. The Bertz CT molecular complexity index is 576. The summed E-state index contributed by atoms with van der Waals surface area (Å²) in [5.41, 5.74) is 0.630. The van der Waals surface area contributed by atoms with Crippen molar-refractivity contribution < 1.29 is 8.42 Å². The average Bonchev–Trinajstić information content (AvgIpc) is 2.42. The predicted molar refractivity (Wildman–Crippen MR) is 88.8 cm³/mol. The lowest BCUT2D eigenvalue weighted by molar-refractivity contribution is 0.263. The van der Waals surface area contributed by atoms with Gasteiger partial charge in [-0.25, -0.2) is 8.42 Å². The first-order chi connectivity index (χ1) is 9.46. The van der Waals surface area contributed by atoms with Gasteiger partial charge in [0.15, 0.2) is 0 Å². The quantitative estimate of drug-likeness (QED) is 0.906. The van der Waals surface area contributed by atoms with Gasteiger partial charge in [0.2, 0.25) is 10.0 Å². The van der Waals surface area contributed by atoms with Gasteiger partial charge in [0.05, 0.1) is 4.90 Å². The summed E-state index contributed by atoms with van der Waals surface area (Å²) in [5, 5.41) is 3.62. The number of sulfonamides is 1. The molecule has 1 saturated heterocycles. The highest BCUT2D eigenvalue weighted by Gasteiger charge is 2.31. The van der Waals surface area contributed by atoms with Gasteiger partial charge in [-0.3, -0.25) is 0 Å². The van der Waals surface area contributed by atoms with Crippen molar-refractivity contribution in [3.8, 4) is 0 Å². The zero-order valence-corrected chi connectivity index (χ0v) is 14.7. The van der Waals surface area contributed by atoms with Crippen LogP contribution >= 0.6 is 24.0 Å². The van der Waals surface area contributed by atoms with E-state index in [-0.39, 0.29) is 12.4 Å². The minimum Gasteiger partial charge on any atom is -0.319 e. The van der Waals surface area contributed by atoms with Crippen LogP contribution in [0.5, 0.6) is 0 Å². The van der Waals surface area contributed by atoms with E-state index in [0.29, 0.717) is 34.5 Å². The molecule has 0 bridgehead atoms. The molecule has 1 atom stereocenters. The normalized spacial score (nSPS) is 20.0. The molecule has 1 aromatic rings. The van der Waals surface area contributed by atoms with Crippen molar-refractivity contribution in [1.29, 1.82) is 0 Å². The fraction of sp³-hybridized carbons (Fsp3) is 0.571. The summed E-state index contributed by atoms with van der Waals surface area (Å²) >= 11 is 6.04. The molecule has 0 radical (unpaired) electrons. The number of halogens is 2. The van der Waals surface area contributed by atoms with Gasteiger partial charge in [-0.2, -0.15) is 4.31 Å². The molecule has 1 aliphatic heterocycles. The summed E-state index contributed by atoms with van der Waals surface area (Å²) in [7, 11) is -1.55. The molecule has 0 amide bonds. The number of nitrogens with zero attached hydrogens (tertiary/aromatic N) is 1. The van der Waals surface area contributed by atoms with Gasteiger partial charge in [-0.1, -0.05) is 17.7 Å². The smallest absolute Gasteiger partial charge is 0.243 e. The molecule has 21 heavy (non-hydrogen) atoms. The summed E-state index contributed by atoms with van der Waals surface area (Å²) in [6.07, 6.45) is 1.98. The molecule has 1 unspecified atom stereocenters. The van der Waals surface area contributed by atoms with Gasteiger partial charge in [0.1, 0.15) is 0 Å². The third kappa shape index (κ3) is 4.11. The highest BCUT2D eigenvalue weighted by molar-refractivity contribution is 7.89. The fourth-order valence-electron chi connectivity index (χ4n) is 2.71. The van der Waals surface area contributed by atoms with E-state index in [1.165, 1.54) is 0 Å². The Morgan fingerprint density at radius 1 is 1.43 bits per heavy atom. The highest BCUT2D eigenvalue weighted by atomic mass is 35.5. The first-order valence-corrected chi connectivity index (χ1v) is 8.68. The third-order valence-electron chi connectivity index (χ3n) is 3.81. The topological polar surface area (TPSA) is 49.4 Å². The van der Waals surface area contributed by atoms with E-state index in [1.807, 2.05) is 7.05 Å². The summed E-state index contributed by atoms with van der Waals surface area (Å²) in [4.78, 5) is 0.329. The number of hydrogen-bond acceptors (Lipinski definition) is 3. The van der Waals surface area contributed by atoms with E-state index in [4.69, 9.17) is 11.6 Å². The predicted octanol–water partition coefficient (Wildman–Crippen LogP) is 2.69. The molecule has 1 aromatic carbocycles. The number of benzene rings is 1. The fourth-order valence-corrected chi connectivity index (χ4v) is 4.74. The maximum atomic E-state index is 12.8. The van der Waals surface area contributed by atoms with Crippen LogP contribution in [0.4, 0.5) is 0 Å². The largest absolute Gasteiger partial charge is 0.319 e. The van der Waals surface area contributed by atoms with E-state index in [2.05, 4.69) is 5.32 Å². The van der Waals surface area contributed by atoms with Crippen molar-refractivity contribution in [1.82, 2.24) is 9.62 Å². The molecule has 1 N–H and O–H groups in total. The van der Waals surface area contributed by atoms with Crippen molar-refractivity contribution in [3.63, 3.8) is 0 Å². The second kappa shape index (κ2) is 7.79. The Balaban J connectivity index is 0.00000220. The summed E-state index contributed by atoms with van der Waals surface area (Å²) in [6, 6.07) is 5.05. The molecule has 2 rings (SSSR count). The van der Waals surface area contributed by atoms with Gasteiger partial charge in [-0.15, -0.1) is 12.4 Å². The van der Waals surface area contributed by atoms with Crippen molar-refractivity contribution in [2.75, 3.05) is 26.7 Å². The van der Waals surface area contributed by atoms with Gasteiger partial charge in [-0.05, 0) is 57.0 Å². The highest BCUT2D eigenvalue weighted by Crippen LogP contribution is 2.28. The van der Waals surface area contributed by atoms with Crippen LogP contribution in [-0.4, -0.2) is 39.4 Å². The van der Waals surface area contributed by atoms with Crippen LogP contribution < -0.4 is 5.32 Å². The second-order valence-electron chi connectivity index (χ2n) is 5.29. The van der Waals surface area contributed by atoms with Crippen LogP contribution in [0.25, 0.3) is 0 Å². The Kier molecular flexibility index (Phi) is 6.94. The Morgan fingerprint density at radius 2 is 2.14 bits per heavy atom. The molecular formula is C14H22Cl2N2O2S. The minimum atomic E-state index is -3.45. The molecule has 1 fully saturated rings. The van der Waals surface area contributed by atoms with Crippen LogP contribution in [0.3, 0.4) is 0 Å². The van der Waals surface area contributed by atoms with E-state index < -0.39 is 10.0 Å². The zero-order chi connectivity index (χ0) is 14.8. The van der Waals surface area contributed by atoms with Crippen LogP contribution in [-0.2, 0) is 10.0 Å². The Hall–Kier alpha value is -0.330. The monoisotopic (exact) mass is 352 g/mol. The Labute approximate surface area is 138 Å². The molecule has 7 heteroatoms. The van der Waals surface area contributed by atoms with Crippen molar-refractivity contribution in [2.24, 2.45) is 5.92 Å². The van der Waals surface area contributed by atoms with E-state index in [9.17, 15) is 8.42 Å². The molecular weight excluding hydrogens is 331 g/mol. The van der Waals surface area contributed by atoms with E-state index in [1.54, 1.807) is 29.4 Å². The van der Waals surface area contributed by atoms with E-state index in [0.717, 1.165) is 19.4 Å². The minimum absolute atomic E-state index is 0. The molecule has 0 aromatic heterocycles. The molecule has 120 valence electrons. The summed E-state index contributed by atoms with van der Waals surface area (Å²) in [5.74, 6) is 0.378. The second-order valence-corrected chi connectivity index (χ2v) is 7.61. The van der Waals surface area contributed by atoms with Gasteiger partial charge < -0.3 is 5.32 Å². The number of hydrogen-bond donors (Lipinski definition) is 1. The molecule has 1 aliphatic rings. The molecule has 0 aliphatic carbocycles. The Morgan fingerprint density at radius 3 is 2.81 bits per heavy atom. The maximum Gasteiger partial charge on any atom is 0.243 e. The first kappa shape index (κ1) is 18.7. The number of rotatable bonds is 4. The first-order valence-electron chi connectivity index (χ1n) is 6.86. The lowest BCUT2D eigenvalue weighted by atomic mass is 10.00. The van der Waals surface area contributed by atoms with E-state index >= 15 is 0 Å². The summed E-state index contributed by atoms with van der Waals surface area (Å²) < 4.78 is 27.1.